The van der Waals surface area contributed by atoms with Crippen LogP contribution in [0.4, 0.5) is 4.79 Å². The van der Waals surface area contributed by atoms with Gasteiger partial charge in [0.05, 0.1) is 18.6 Å². The van der Waals surface area contributed by atoms with Gasteiger partial charge in [-0.25, -0.2) is 17.9 Å². The van der Waals surface area contributed by atoms with Crippen LogP contribution in [0, 0.1) is 0 Å². The summed E-state index contributed by atoms with van der Waals surface area (Å²) in [6, 6.07) is 12.1. The second-order valence-corrected chi connectivity index (χ2v) is 6.72. The molecule has 8 heteroatoms. The Morgan fingerprint density at radius 2 is 1.60 bits per heavy atom. The summed E-state index contributed by atoms with van der Waals surface area (Å²) in [6.45, 7) is 2.51. The zero-order chi connectivity index (χ0) is 18.3. The Kier molecular flexibility index (Phi) is 6.24. The van der Waals surface area contributed by atoms with Crippen molar-refractivity contribution in [2.24, 2.45) is 0 Å². The second-order valence-electron chi connectivity index (χ2n) is 5.04. The standard InChI is InChI=1S/C17H20N2O5S/c1-3-24-15-8-10-16(11-9-15)25(21,22)19-17(20)18-12-13-4-6-14(23-2)7-5-13/h4-11H,3,12H2,1-2H3,(H2,18,19,20). The maximum absolute atomic E-state index is 12.2. The predicted octanol–water partition coefficient (Wildman–Crippen LogP) is 2.28. The lowest BCUT2D eigenvalue weighted by Crippen LogP contribution is -2.39. The molecule has 7 nitrogen and oxygen atoms in total. The molecule has 0 heterocycles. The van der Waals surface area contributed by atoms with E-state index in [0.717, 1.165) is 5.56 Å². The van der Waals surface area contributed by atoms with Crippen LogP contribution in [0.5, 0.6) is 11.5 Å². The van der Waals surface area contributed by atoms with Crippen LogP contribution in [0.15, 0.2) is 53.4 Å². The lowest BCUT2D eigenvalue weighted by atomic mass is 10.2. The van der Waals surface area contributed by atoms with E-state index < -0.39 is 16.1 Å². The lowest BCUT2D eigenvalue weighted by Gasteiger charge is -2.10. The highest BCUT2D eigenvalue weighted by Gasteiger charge is 2.17. The summed E-state index contributed by atoms with van der Waals surface area (Å²) < 4.78 is 36.6. The first-order chi connectivity index (χ1) is 11.9. The molecule has 0 aliphatic carbocycles. The van der Waals surface area contributed by atoms with Gasteiger partial charge in [0.1, 0.15) is 11.5 Å². The number of urea groups is 1. The van der Waals surface area contributed by atoms with Crippen LogP contribution in [-0.4, -0.2) is 28.2 Å². The van der Waals surface area contributed by atoms with Crippen molar-refractivity contribution in [1.29, 1.82) is 0 Å². The molecule has 0 spiro atoms. The third-order valence-corrected chi connectivity index (χ3v) is 4.63. The summed E-state index contributed by atoms with van der Waals surface area (Å²) in [4.78, 5) is 11.8. The summed E-state index contributed by atoms with van der Waals surface area (Å²) >= 11 is 0. The molecule has 0 radical (unpaired) electrons. The second kappa shape index (κ2) is 8.39. The molecule has 2 aromatic rings. The summed E-state index contributed by atoms with van der Waals surface area (Å²) in [6.07, 6.45) is 0. The summed E-state index contributed by atoms with van der Waals surface area (Å²) in [5.74, 6) is 1.26. The summed E-state index contributed by atoms with van der Waals surface area (Å²) in [5.41, 5.74) is 0.814. The Hall–Kier alpha value is -2.74. The number of benzene rings is 2. The van der Waals surface area contributed by atoms with Crippen molar-refractivity contribution >= 4 is 16.1 Å². The number of hydrogen-bond donors (Lipinski definition) is 2. The maximum Gasteiger partial charge on any atom is 0.328 e. The fraction of sp³-hybridized carbons (Fsp3) is 0.235. The molecule has 0 unspecified atom stereocenters. The molecule has 0 aliphatic rings. The molecule has 25 heavy (non-hydrogen) atoms. The molecule has 2 amide bonds. The van der Waals surface area contributed by atoms with Gasteiger partial charge >= 0.3 is 6.03 Å². The normalized spacial score (nSPS) is 10.8. The van der Waals surface area contributed by atoms with E-state index in [1.54, 1.807) is 31.4 Å². The van der Waals surface area contributed by atoms with E-state index in [1.807, 2.05) is 11.6 Å². The quantitative estimate of drug-likeness (QED) is 0.786. The SMILES string of the molecule is CCOc1ccc(S(=O)(=O)NC(=O)NCc2ccc(OC)cc2)cc1. The van der Waals surface area contributed by atoms with Crippen LogP contribution in [0.25, 0.3) is 0 Å². The number of sulfonamides is 1. The molecule has 0 saturated heterocycles. The van der Waals surface area contributed by atoms with Gasteiger partial charge in [-0.2, -0.15) is 0 Å². The van der Waals surface area contributed by atoms with Gasteiger partial charge < -0.3 is 14.8 Å². The van der Waals surface area contributed by atoms with Gasteiger partial charge in [0.25, 0.3) is 10.0 Å². The van der Waals surface area contributed by atoms with Crippen LogP contribution >= 0.6 is 0 Å². The van der Waals surface area contributed by atoms with Crippen molar-refractivity contribution < 1.29 is 22.7 Å². The molecule has 0 saturated carbocycles. The number of rotatable bonds is 7. The molecule has 0 atom stereocenters. The van der Waals surface area contributed by atoms with Crippen molar-refractivity contribution in [3.05, 3.63) is 54.1 Å². The van der Waals surface area contributed by atoms with E-state index in [2.05, 4.69) is 5.32 Å². The van der Waals surface area contributed by atoms with Crippen molar-refractivity contribution in [3.8, 4) is 11.5 Å². The fourth-order valence-corrected chi connectivity index (χ4v) is 2.95. The molecule has 2 aromatic carbocycles. The van der Waals surface area contributed by atoms with Crippen molar-refractivity contribution in [2.75, 3.05) is 13.7 Å². The van der Waals surface area contributed by atoms with Crippen LogP contribution in [0.1, 0.15) is 12.5 Å². The molecule has 2 N–H and O–H groups in total. The summed E-state index contributed by atoms with van der Waals surface area (Å²) in [7, 11) is -2.38. The van der Waals surface area contributed by atoms with Crippen molar-refractivity contribution in [3.63, 3.8) is 0 Å². The topological polar surface area (TPSA) is 93.7 Å². The first-order valence-electron chi connectivity index (χ1n) is 7.61. The minimum absolute atomic E-state index is 0.0180. The smallest absolute Gasteiger partial charge is 0.328 e. The number of carbonyl (C=O) groups excluding carboxylic acids is 1. The highest BCUT2D eigenvalue weighted by Crippen LogP contribution is 2.16. The number of ether oxygens (including phenoxy) is 2. The molecule has 0 aromatic heterocycles. The maximum atomic E-state index is 12.2. The van der Waals surface area contributed by atoms with Crippen molar-refractivity contribution in [1.82, 2.24) is 10.0 Å². The van der Waals surface area contributed by atoms with Gasteiger partial charge in [-0.3, -0.25) is 0 Å². The minimum atomic E-state index is -3.94. The van der Waals surface area contributed by atoms with Gasteiger partial charge in [0.2, 0.25) is 0 Å². The summed E-state index contributed by atoms with van der Waals surface area (Å²) in [5, 5.41) is 2.50. The Morgan fingerprint density at radius 3 is 2.16 bits per heavy atom. The Balaban J connectivity index is 1.93. The zero-order valence-electron chi connectivity index (χ0n) is 14.0. The van der Waals surface area contributed by atoms with Gasteiger partial charge in [0, 0.05) is 6.54 Å². The number of nitrogens with one attached hydrogen (secondary N) is 2. The van der Waals surface area contributed by atoms with Crippen LogP contribution in [0.2, 0.25) is 0 Å². The molecular formula is C17H20N2O5S. The van der Waals surface area contributed by atoms with E-state index in [9.17, 15) is 13.2 Å². The van der Waals surface area contributed by atoms with E-state index in [1.165, 1.54) is 24.3 Å². The average Bonchev–Trinajstić information content (AvgIpc) is 2.61. The first-order valence-corrected chi connectivity index (χ1v) is 9.09. The number of hydrogen-bond acceptors (Lipinski definition) is 5. The van der Waals surface area contributed by atoms with E-state index in [0.29, 0.717) is 18.1 Å². The zero-order valence-corrected chi connectivity index (χ0v) is 14.8. The van der Waals surface area contributed by atoms with Gasteiger partial charge in [-0.1, -0.05) is 12.1 Å². The Labute approximate surface area is 147 Å². The number of methoxy groups -OCH3 is 1. The third-order valence-electron chi connectivity index (χ3n) is 3.28. The van der Waals surface area contributed by atoms with Crippen LogP contribution in [0.3, 0.4) is 0 Å². The number of carbonyl (C=O) groups is 1. The Bertz CT molecular complexity index is 802. The minimum Gasteiger partial charge on any atom is -0.497 e. The molecule has 0 fully saturated rings. The van der Waals surface area contributed by atoms with Crippen LogP contribution in [-0.2, 0) is 16.6 Å². The van der Waals surface area contributed by atoms with Crippen molar-refractivity contribution in [2.45, 2.75) is 18.4 Å². The van der Waals surface area contributed by atoms with Gasteiger partial charge in [0.15, 0.2) is 0 Å². The monoisotopic (exact) mass is 364 g/mol. The fourth-order valence-electron chi connectivity index (χ4n) is 2.02. The average molecular weight is 364 g/mol. The van der Waals surface area contributed by atoms with E-state index in [4.69, 9.17) is 9.47 Å². The van der Waals surface area contributed by atoms with Crippen LogP contribution < -0.4 is 19.5 Å². The molecule has 134 valence electrons. The lowest BCUT2D eigenvalue weighted by molar-refractivity contribution is 0.245. The third kappa shape index (κ3) is 5.39. The molecule has 0 aliphatic heterocycles. The van der Waals surface area contributed by atoms with E-state index in [-0.39, 0.29) is 11.4 Å². The van der Waals surface area contributed by atoms with Gasteiger partial charge in [-0.15, -0.1) is 0 Å². The Morgan fingerprint density at radius 1 is 1.00 bits per heavy atom. The van der Waals surface area contributed by atoms with E-state index >= 15 is 0 Å². The molecule has 0 bridgehead atoms. The molecular weight excluding hydrogens is 344 g/mol. The predicted molar refractivity (Wildman–Crippen MR) is 93.2 cm³/mol. The molecule has 2 rings (SSSR count). The largest absolute Gasteiger partial charge is 0.497 e. The first kappa shape index (κ1) is 18.6. The highest BCUT2D eigenvalue weighted by atomic mass is 32.2. The number of amides is 2. The van der Waals surface area contributed by atoms with Gasteiger partial charge in [-0.05, 0) is 48.9 Å². The highest BCUT2D eigenvalue weighted by molar-refractivity contribution is 7.90.